The number of hydrogen-bond donors (Lipinski definition) is 0. The lowest BCUT2D eigenvalue weighted by Crippen LogP contribution is -2.50. The molecule has 26 heavy (non-hydrogen) atoms. The van der Waals surface area contributed by atoms with Crippen molar-refractivity contribution in [1.29, 1.82) is 0 Å². The van der Waals surface area contributed by atoms with Crippen molar-refractivity contribution in [3.63, 3.8) is 0 Å². The molecule has 0 aromatic carbocycles. The number of rotatable bonds is 4. The number of hydrogen-bond acceptors (Lipinski definition) is 5. The lowest BCUT2D eigenvalue weighted by Gasteiger charge is -2.41. The second-order valence-corrected chi connectivity index (χ2v) is 9.00. The number of likely N-dealkylation sites (tertiary alicyclic amines) is 2. The summed E-state index contributed by atoms with van der Waals surface area (Å²) in [5.41, 5.74) is 0. The van der Waals surface area contributed by atoms with Crippen LogP contribution < -0.4 is 0 Å². The number of nitrogens with zero attached hydrogens (tertiary/aromatic N) is 4. The second-order valence-electron chi connectivity index (χ2n) is 9.00. The van der Waals surface area contributed by atoms with E-state index in [0.717, 1.165) is 50.5 Å². The lowest BCUT2D eigenvalue weighted by molar-refractivity contribution is -0.00175. The summed E-state index contributed by atoms with van der Waals surface area (Å²) in [6.45, 7) is 18.4. The third-order valence-corrected chi connectivity index (χ3v) is 6.45. The van der Waals surface area contributed by atoms with Crippen molar-refractivity contribution in [2.24, 2.45) is 0 Å². The Hall–Kier alpha value is -0.200. The summed E-state index contributed by atoms with van der Waals surface area (Å²) >= 11 is 0. The number of ether oxygens (including phenoxy) is 1. The molecule has 3 rings (SSSR count). The van der Waals surface area contributed by atoms with Crippen LogP contribution in [0, 0.1) is 0 Å². The van der Waals surface area contributed by atoms with Gasteiger partial charge in [0.15, 0.2) is 0 Å². The minimum atomic E-state index is 0.718. The summed E-state index contributed by atoms with van der Waals surface area (Å²) in [6, 6.07) is 3.05. The van der Waals surface area contributed by atoms with Gasteiger partial charge in [-0.05, 0) is 74.1 Å². The van der Waals surface area contributed by atoms with E-state index in [1.807, 2.05) is 0 Å². The summed E-state index contributed by atoms with van der Waals surface area (Å²) in [5, 5.41) is 0. The fourth-order valence-electron chi connectivity index (χ4n) is 4.37. The molecule has 0 bridgehead atoms. The Morgan fingerprint density at radius 3 is 1.73 bits per heavy atom. The topological polar surface area (TPSA) is 22.2 Å². The Balaban J connectivity index is 0.000000197. The molecule has 0 saturated carbocycles. The predicted molar refractivity (Wildman–Crippen MR) is 111 cm³/mol. The van der Waals surface area contributed by atoms with E-state index in [1.54, 1.807) is 0 Å². The van der Waals surface area contributed by atoms with Crippen LogP contribution in [-0.4, -0.2) is 110 Å². The van der Waals surface area contributed by atoms with Gasteiger partial charge in [0.1, 0.15) is 0 Å². The molecule has 0 radical (unpaired) electrons. The highest BCUT2D eigenvalue weighted by Gasteiger charge is 2.26. The Morgan fingerprint density at radius 2 is 1.31 bits per heavy atom. The monoisotopic (exact) mass is 368 g/mol. The molecule has 1 atom stereocenters. The third-order valence-electron chi connectivity index (χ3n) is 6.45. The van der Waals surface area contributed by atoms with Crippen molar-refractivity contribution in [3.8, 4) is 0 Å². The van der Waals surface area contributed by atoms with Crippen molar-refractivity contribution >= 4 is 0 Å². The van der Waals surface area contributed by atoms with Gasteiger partial charge in [-0.2, -0.15) is 0 Å². The van der Waals surface area contributed by atoms with Crippen molar-refractivity contribution in [2.75, 3.05) is 66.6 Å². The van der Waals surface area contributed by atoms with Gasteiger partial charge in [-0.3, -0.25) is 9.80 Å². The Labute approximate surface area is 162 Å². The van der Waals surface area contributed by atoms with Crippen molar-refractivity contribution < 1.29 is 4.74 Å². The van der Waals surface area contributed by atoms with E-state index in [2.05, 4.69) is 61.4 Å². The van der Waals surface area contributed by atoms with Gasteiger partial charge in [0.05, 0.1) is 13.2 Å². The van der Waals surface area contributed by atoms with Crippen LogP contribution in [0.5, 0.6) is 0 Å². The Bertz CT molecular complexity index is 360. The van der Waals surface area contributed by atoms with Crippen molar-refractivity contribution in [2.45, 2.75) is 71.1 Å². The number of likely N-dealkylation sites (N-methyl/N-ethyl adjacent to an activating group) is 1. The molecule has 5 heteroatoms. The van der Waals surface area contributed by atoms with Crippen molar-refractivity contribution in [3.05, 3.63) is 0 Å². The Kier molecular flexibility index (Phi) is 9.31. The molecule has 5 nitrogen and oxygen atoms in total. The highest BCUT2D eigenvalue weighted by atomic mass is 16.5. The van der Waals surface area contributed by atoms with Gasteiger partial charge < -0.3 is 14.5 Å². The van der Waals surface area contributed by atoms with Crippen LogP contribution in [0.2, 0.25) is 0 Å². The molecule has 3 fully saturated rings. The first-order valence-corrected chi connectivity index (χ1v) is 10.8. The number of morpholine rings is 1. The molecule has 0 aromatic heterocycles. The van der Waals surface area contributed by atoms with E-state index in [4.69, 9.17) is 4.74 Å². The molecule has 1 unspecified atom stereocenters. The summed E-state index contributed by atoms with van der Waals surface area (Å²) in [7, 11) is 4.35. The minimum Gasteiger partial charge on any atom is -0.379 e. The molecule has 0 aromatic rings. The fourth-order valence-corrected chi connectivity index (χ4v) is 4.37. The molecule has 0 spiro atoms. The molecule has 0 N–H and O–H groups in total. The lowest BCUT2D eigenvalue weighted by atomic mass is 10.0. The van der Waals surface area contributed by atoms with Gasteiger partial charge in [-0.15, -0.1) is 0 Å². The first-order valence-electron chi connectivity index (χ1n) is 10.8. The molecular weight excluding hydrogens is 324 g/mol. The van der Waals surface area contributed by atoms with Gasteiger partial charge in [0, 0.05) is 50.3 Å². The first-order chi connectivity index (χ1) is 12.4. The maximum absolute atomic E-state index is 5.40. The molecule has 3 heterocycles. The highest BCUT2D eigenvalue weighted by molar-refractivity contribution is 4.83. The van der Waals surface area contributed by atoms with Gasteiger partial charge in [0.25, 0.3) is 0 Å². The molecule has 0 aliphatic carbocycles. The van der Waals surface area contributed by atoms with E-state index in [1.165, 1.54) is 45.4 Å². The van der Waals surface area contributed by atoms with Crippen LogP contribution in [0.3, 0.4) is 0 Å². The zero-order valence-electron chi connectivity index (χ0n) is 18.3. The quantitative estimate of drug-likeness (QED) is 0.757. The zero-order chi connectivity index (χ0) is 19.1. The normalized spacial score (nSPS) is 27.3. The van der Waals surface area contributed by atoms with Crippen LogP contribution in [0.15, 0.2) is 0 Å². The van der Waals surface area contributed by atoms with E-state index in [0.29, 0.717) is 0 Å². The number of piperidine rings is 1. The SMILES string of the molecule is CC(C)N1CCC(N(C)C)C1.CC(C)N1CCC(N2CCOCC2)CC1. The molecule has 154 valence electrons. The highest BCUT2D eigenvalue weighted by Crippen LogP contribution is 2.19. The predicted octanol–water partition coefficient (Wildman–Crippen LogP) is 2.22. The fraction of sp³-hybridized carbons (Fsp3) is 1.00. The van der Waals surface area contributed by atoms with Crippen LogP contribution >= 0.6 is 0 Å². The second kappa shape index (κ2) is 11.0. The van der Waals surface area contributed by atoms with E-state index in [9.17, 15) is 0 Å². The molecule has 3 saturated heterocycles. The maximum Gasteiger partial charge on any atom is 0.0594 e. The first kappa shape index (κ1) is 22.1. The van der Waals surface area contributed by atoms with Crippen LogP contribution in [0.1, 0.15) is 47.0 Å². The van der Waals surface area contributed by atoms with E-state index < -0.39 is 0 Å². The van der Waals surface area contributed by atoms with E-state index >= 15 is 0 Å². The smallest absolute Gasteiger partial charge is 0.0594 e. The van der Waals surface area contributed by atoms with Gasteiger partial charge in [-0.1, -0.05) is 0 Å². The van der Waals surface area contributed by atoms with Crippen LogP contribution in [0.4, 0.5) is 0 Å². The summed E-state index contributed by atoms with van der Waals surface area (Å²) < 4.78 is 5.40. The van der Waals surface area contributed by atoms with Crippen molar-refractivity contribution in [1.82, 2.24) is 19.6 Å². The van der Waals surface area contributed by atoms with Gasteiger partial charge in [-0.25, -0.2) is 0 Å². The molecule has 3 aliphatic rings. The summed E-state index contributed by atoms with van der Waals surface area (Å²) in [4.78, 5) is 10.1. The molecular formula is C21H44N4O. The summed E-state index contributed by atoms with van der Waals surface area (Å²) in [6.07, 6.45) is 4.03. The van der Waals surface area contributed by atoms with E-state index in [-0.39, 0.29) is 0 Å². The molecule has 0 amide bonds. The average molecular weight is 369 g/mol. The Morgan fingerprint density at radius 1 is 0.769 bits per heavy atom. The average Bonchev–Trinajstić information content (AvgIpc) is 3.14. The maximum atomic E-state index is 5.40. The largest absolute Gasteiger partial charge is 0.379 e. The van der Waals surface area contributed by atoms with Crippen LogP contribution in [0.25, 0.3) is 0 Å². The van der Waals surface area contributed by atoms with Gasteiger partial charge >= 0.3 is 0 Å². The van der Waals surface area contributed by atoms with Gasteiger partial charge in [0.2, 0.25) is 0 Å². The third kappa shape index (κ3) is 6.75. The summed E-state index contributed by atoms with van der Waals surface area (Å²) in [5.74, 6) is 0. The minimum absolute atomic E-state index is 0.718. The zero-order valence-corrected chi connectivity index (χ0v) is 18.3. The standard InChI is InChI=1S/C12H24N2O.C9H20N2/c1-11(2)13-5-3-12(4-6-13)14-7-9-15-10-8-14;1-8(2)11-6-5-9(7-11)10(3)4/h11-12H,3-10H2,1-2H3;8-9H,5-7H2,1-4H3. The van der Waals surface area contributed by atoms with Crippen LogP contribution in [-0.2, 0) is 4.74 Å². The molecule has 3 aliphatic heterocycles.